The van der Waals surface area contributed by atoms with Crippen LogP contribution in [0.3, 0.4) is 0 Å². The van der Waals surface area contributed by atoms with Crippen molar-refractivity contribution in [2.45, 2.75) is 23.8 Å². The van der Waals surface area contributed by atoms with Crippen molar-refractivity contribution < 1.29 is 22.0 Å². The maximum atomic E-state index is 12.7. The molecule has 1 fully saturated rings. The molecule has 1 aliphatic rings. The molecule has 0 aromatic carbocycles. The lowest BCUT2D eigenvalue weighted by atomic mass is 10.1. The number of hydrogen-bond acceptors (Lipinski definition) is 1. The Bertz CT molecular complexity index is 155. The molecule has 2 atom stereocenters. The quantitative estimate of drug-likeness (QED) is 0.532. The summed E-state index contributed by atoms with van der Waals surface area (Å²) in [6.45, 7) is 0. The first kappa shape index (κ1) is 9.09. The summed E-state index contributed by atoms with van der Waals surface area (Å²) in [5.41, 5.74) is -6.07. The van der Waals surface area contributed by atoms with E-state index in [1.807, 2.05) is 0 Å². The van der Waals surface area contributed by atoms with Gasteiger partial charge in [-0.15, -0.1) is 11.8 Å². The van der Waals surface area contributed by atoms with E-state index >= 15 is 0 Å². The SMILES string of the molecule is FC1SCCC1(F)C(F)(F)F. The van der Waals surface area contributed by atoms with Crippen LogP contribution in [-0.4, -0.2) is 23.1 Å². The molecular weight excluding hydrogens is 187 g/mol. The van der Waals surface area contributed by atoms with Gasteiger partial charge in [-0.1, -0.05) is 0 Å². The lowest BCUT2D eigenvalue weighted by Gasteiger charge is -2.23. The van der Waals surface area contributed by atoms with E-state index in [1.165, 1.54) is 0 Å². The molecule has 1 saturated heterocycles. The third kappa shape index (κ3) is 1.32. The van der Waals surface area contributed by atoms with Crippen LogP contribution in [0.15, 0.2) is 0 Å². The van der Waals surface area contributed by atoms with Gasteiger partial charge in [-0.2, -0.15) is 13.2 Å². The molecule has 6 heteroatoms. The zero-order valence-electron chi connectivity index (χ0n) is 5.29. The fraction of sp³-hybridized carbons (Fsp3) is 1.00. The van der Waals surface area contributed by atoms with Crippen LogP contribution >= 0.6 is 11.8 Å². The Hall–Kier alpha value is -0.0000000000000000555. The minimum absolute atomic E-state index is 0.114. The van der Waals surface area contributed by atoms with Crippen molar-refractivity contribution in [3.05, 3.63) is 0 Å². The van der Waals surface area contributed by atoms with E-state index < -0.39 is 23.8 Å². The van der Waals surface area contributed by atoms with Gasteiger partial charge in [0.05, 0.1) is 0 Å². The Morgan fingerprint density at radius 1 is 1.36 bits per heavy atom. The Morgan fingerprint density at radius 2 is 1.91 bits per heavy atom. The second kappa shape index (κ2) is 2.50. The molecule has 0 N–H and O–H groups in total. The Balaban J connectivity index is 2.81. The molecule has 0 spiro atoms. The van der Waals surface area contributed by atoms with E-state index in [0.717, 1.165) is 0 Å². The highest BCUT2D eigenvalue weighted by molar-refractivity contribution is 8.00. The van der Waals surface area contributed by atoms with E-state index in [9.17, 15) is 22.0 Å². The second-order valence-corrected chi connectivity index (χ2v) is 3.45. The fourth-order valence-corrected chi connectivity index (χ4v) is 1.96. The van der Waals surface area contributed by atoms with Gasteiger partial charge >= 0.3 is 6.18 Å². The molecule has 0 aromatic heterocycles. The third-order valence-electron chi connectivity index (χ3n) is 1.56. The van der Waals surface area contributed by atoms with Crippen LogP contribution in [0.4, 0.5) is 22.0 Å². The normalized spacial score (nSPS) is 39.5. The van der Waals surface area contributed by atoms with Gasteiger partial charge in [0.1, 0.15) is 0 Å². The summed E-state index contributed by atoms with van der Waals surface area (Å²) < 4.78 is 60.3. The Labute approximate surface area is 64.1 Å². The Morgan fingerprint density at radius 3 is 2.09 bits per heavy atom. The molecule has 66 valence electrons. The molecule has 2 unspecified atom stereocenters. The molecule has 0 aliphatic carbocycles. The maximum absolute atomic E-state index is 12.7. The van der Waals surface area contributed by atoms with Crippen molar-refractivity contribution in [2.24, 2.45) is 0 Å². The standard InChI is InChI=1S/C5H5F5S/c6-3-4(7,1-2-11-3)5(8,9)10/h3H,1-2H2. The summed E-state index contributed by atoms with van der Waals surface area (Å²) in [5, 5.41) is 0. The molecule has 0 saturated carbocycles. The van der Waals surface area contributed by atoms with E-state index in [4.69, 9.17) is 0 Å². The molecule has 1 aliphatic heterocycles. The first-order valence-electron chi connectivity index (χ1n) is 2.89. The van der Waals surface area contributed by atoms with Crippen LogP contribution in [0.5, 0.6) is 0 Å². The molecule has 0 bridgehead atoms. The molecular formula is C5H5F5S. The van der Waals surface area contributed by atoms with Crippen LogP contribution in [0, 0.1) is 0 Å². The van der Waals surface area contributed by atoms with Gasteiger partial charge in [-0.3, -0.25) is 0 Å². The Kier molecular flexibility index (Phi) is 2.07. The van der Waals surface area contributed by atoms with Crippen LogP contribution in [-0.2, 0) is 0 Å². The van der Waals surface area contributed by atoms with Crippen molar-refractivity contribution in [1.82, 2.24) is 0 Å². The lowest BCUT2D eigenvalue weighted by molar-refractivity contribution is -0.237. The zero-order chi connectivity index (χ0) is 8.70. The highest BCUT2D eigenvalue weighted by atomic mass is 32.2. The number of alkyl halides is 5. The van der Waals surface area contributed by atoms with Gasteiger partial charge in [0.2, 0.25) is 5.67 Å². The van der Waals surface area contributed by atoms with Crippen molar-refractivity contribution in [1.29, 1.82) is 0 Å². The van der Waals surface area contributed by atoms with Crippen molar-refractivity contribution >= 4 is 11.8 Å². The van der Waals surface area contributed by atoms with Crippen LogP contribution < -0.4 is 0 Å². The van der Waals surface area contributed by atoms with Crippen LogP contribution in [0.25, 0.3) is 0 Å². The smallest absolute Gasteiger partial charge is 0.232 e. The molecule has 0 nitrogen and oxygen atoms in total. The van der Waals surface area contributed by atoms with Gasteiger partial charge in [-0.05, 0) is 5.75 Å². The number of thioether (sulfide) groups is 1. The summed E-state index contributed by atoms with van der Waals surface area (Å²) >= 11 is 0.369. The highest BCUT2D eigenvalue weighted by Crippen LogP contribution is 2.49. The van der Waals surface area contributed by atoms with Crippen molar-refractivity contribution in [3.63, 3.8) is 0 Å². The largest absolute Gasteiger partial charge is 0.426 e. The van der Waals surface area contributed by atoms with Crippen molar-refractivity contribution in [2.75, 3.05) is 5.75 Å². The second-order valence-electron chi connectivity index (χ2n) is 2.30. The van der Waals surface area contributed by atoms with Gasteiger partial charge in [0, 0.05) is 6.42 Å². The summed E-state index contributed by atoms with van der Waals surface area (Å²) in [4.78, 5) is 0. The van der Waals surface area contributed by atoms with E-state index in [-0.39, 0.29) is 5.75 Å². The summed E-state index contributed by atoms with van der Waals surface area (Å²) in [6.07, 6.45) is -5.85. The topological polar surface area (TPSA) is 0 Å². The average Bonchev–Trinajstić information content (AvgIpc) is 2.12. The summed E-state index contributed by atoms with van der Waals surface area (Å²) in [6, 6.07) is 0. The van der Waals surface area contributed by atoms with Gasteiger partial charge in [0.25, 0.3) is 0 Å². The predicted molar refractivity (Wildman–Crippen MR) is 31.9 cm³/mol. The highest BCUT2D eigenvalue weighted by Gasteiger charge is 2.64. The van der Waals surface area contributed by atoms with E-state index in [0.29, 0.717) is 11.8 Å². The average molecular weight is 192 g/mol. The molecule has 0 amide bonds. The lowest BCUT2D eigenvalue weighted by Crippen LogP contribution is -2.44. The molecule has 0 radical (unpaired) electrons. The summed E-state index contributed by atoms with van der Waals surface area (Å²) in [7, 11) is 0. The molecule has 1 rings (SSSR count). The first-order valence-corrected chi connectivity index (χ1v) is 3.94. The number of hydrogen-bond donors (Lipinski definition) is 0. The van der Waals surface area contributed by atoms with Crippen molar-refractivity contribution in [3.8, 4) is 0 Å². The van der Waals surface area contributed by atoms with Gasteiger partial charge in [0.15, 0.2) is 5.50 Å². The monoisotopic (exact) mass is 192 g/mol. The third-order valence-corrected chi connectivity index (χ3v) is 2.67. The van der Waals surface area contributed by atoms with Gasteiger partial charge < -0.3 is 0 Å². The molecule has 0 aromatic rings. The number of halogens is 5. The zero-order valence-corrected chi connectivity index (χ0v) is 6.11. The molecule has 11 heavy (non-hydrogen) atoms. The van der Waals surface area contributed by atoms with E-state index in [1.54, 1.807) is 0 Å². The minimum atomic E-state index is -5.07. The summed E-state index contributed by atoms with van der Waals surface area (Å²) in [5.74, 6) is -0.114. The van der Waals surface area contributed by atoms with Crippen LogP contribution in [0.1, 0.15) is 6.42 Å². The number of rotatable bonds is 0. The first-order chi connectivity index (χ1) is 4.88. The van der Waals surface area contributed by atoms with Gasteiger partial charge in [-0.25, -0.2) is 8.78 Å². The minimum Gasteiger partial charge on any atom is -0.232 e. The fourth-order valence-electron chi connectivity index (χ4n) is 0.827. The predicted octanol–water partition coefficient (Wildman–Crippen LogP) is 2.69. The molecule has 1 heterocycles. The maximum Gasteiger partial charge on any atom is 0.426 e. The van der Waals surface area contributed by atoms with E-state index in [2.05, 4.69) is 0 Å². The van der Waals surface area contributed by atoms with Crippen LogP contribution in [0.2, 0.25) is 0 Å².